The largest absolute Gasteiger partial charge is 0.381 e. The second-order valence-electron chi connectivity index (χ2n) is 4.52. The Hall–Kier alpha value is -0.690. The van der Waals surface area contributed by atoms with Gasteiger partial charge in [0, 0.05) is 6.04 Å². The molecule has 2 heteroatoms. The average Bonchev–Trinajstić information content (AvgIpc) is 2.23. The van der Waals surface area contributed by atoms with E-state index in [2.05, 4.69) is 38.2 Å². The monoisotopic (exact) mass is 239 g/mol. The summed E-state index contributed by atoms with van der Waals surface area (Å²) in [7, 11) is 0. The van der Waals surface area contributed by atoms with Crippen molar-refractivity contribution in [2.45, 2.75) is 52.5 Å². The van der Waals surface area contributed by atoms with Gasteiger partial charge < -0.3 is 5.32 Å². The molecule has 16 heavy (non-hydrogen) atoms. The predicted molar refractivity (Wildman–Crippen MR) is 73.4 cm³/mol. The number of unbranched alkanes of at least 4 members (excludes halogenated alkanes) is 2. The number of nitrogens with one attached hydrogen (secondary N) is 1. The van der Waals surface area contributed by atoms with Gasteiger partial charge >= 0.3 is 0 Å². The minimum atomic E-state index is 0.492. The van der Waals surface area contributed by atoms with E-state index in [1.165, 1.54) is 31.2 Å². The summed E-state index contributed by atoms with van der Waals surface area (Å²) in [5.41, 5.74) is 2.26. The van der Waals surface area contributed by atoms with Crippen LogP contribution in [0.2, 0.25) is 5.02 Å². The third-order valence-electron chi connectivity index (χ3n) is 2.77. The Morgan fingerprint density at radius 2 is 2.06 bits per heavy atom. The Morgan fingerprint density at radius 1 is 1.31 bits per heavy atom. The second-order valence-corrected chi connectivity index (χ2v) is 4.93. The molecule has 0 fully saturated rings. The van der Waals surface area contributed by atoms with E-state index >= 15 is 0 Å². The first kappa shape index (κ1) is 13.4. The van der Waals surface area contributed by atoms with Crippen molar-refractivity contribution in [3.63, 3.8) is 0 Å². The SMILES string of the molecule is CCCCCC(C)Nc1ccc(C)cc1Cl. The van der Waals surface area contributed by atoms with Crippen molar-refractivity contribution < 1.29 is 0 Å². The van der Waals surface area contributed by atoms with Crippen LogP contribution in [-0.2, 0) is 0 Å². The molecule has 0 bridgehead atoms. The van der Waals surface area contributed by atoms with E-state index in [4.69, 9.17) is 11.6 Å². The van der Waals surface area contributed by atoms with Crippen molar-refractivity contribution in [3.8, 4) is 0 Å². The van der Waals surface area contributed by atoms with Gasteiger partial charge in [0.25, 0.3) is 0 Å². The normalized spacial score (nSPS) is 12.5. The fraction of sp³-hybridized carbons (Fsp3) is 0.571. The van der Waals surface area contributed by atoms with Crippen LogP contribution in [0.25, 0.3) is 0 Å². The lowest BCUT2D eigenvalue weighted by molar-refractivity contribution is 0.615. The third kappa shape index (κ3) is 4.44. The lowest BCUT2D eigenvalue weighted by Gasteiger charge is -2.16. The summed E-state index contributed by atoms with van der Waals surface area (Å²) >= 11 is 6.17. The molecule has 0 aliphatic heterocycles. The van der Waals surface area contributed by atoms with Gasteiger partial charge in [0.2, 0.25) is 0 Å². The maximum atomic E-state index is 6.17. The molecule has 1 atom stereocenters. The Kier molecular flexibility index (Phi) is 5.68. The van der Waals surface area contributed by atoms with Gasteiger partial charge in [0.05, 0.1) is 10.7 Å². The molecule has 0 saturated carbocycles. The minimum absolute atomic E-state index is 0.492. The molecule has 0 spiro atoms. The quantitative estimate of drug-likeness (QED) is 0.687. The Labute approximate surface area is 104 Å². The molecular weight excluding hydrogens is 218 g/mol. The topological polar surface area (TPSA) is 12.0 Å². The van der Waals surface area contributed by atoms with E-state index in [-0.39, 0.29) is 0 Å². The molecule has 1 aromatic rings. The van der Waals surface area contributed by atoms with Crippen LogP contribution in [0.1, 0.15) is 45.1 Å². The molecule has 1 aromatic carbocycles. The summed E-state index contributed by atoms with van der Waals surface area (Å²) in [6.45, 7) is 6.50. The first-order valence-electron chi connectivity index (χ1n) is 6.16. The number of halogens is 1. The van der Waals surface area contributed by atoms with E-state index < -0.39 is 0 Å². The van der Waals surface area contributed by atoms with Crippen LogP contribution in [0, 0.1) is 6.92 Å². The van der Waals surface area contributed by atoms with Crippen molar-refractivity contribution >= 4 is 17.3 Å². The van der Waals surface area contributed by atoms with Crippen molar-refractivity contribution in [1.29, 1.82) is 0 Å². The first-order chi connectivity index (χ1) is 7.63. The zero-order valence-electron chi connectivity index (χ0n) is 10.5. The van der Waals surface area contributed by atoms with Crippen molar-refractivity contribution in [3.05, 3.63) is 28.8 Å². The van der Waals surface area contributed by atoms with Crippen LogP contribution in [0.4, 0.5) is 5.69 Å². The summed E-state index contributed by atoms with van der Waals surface area (Å²) in [5, 5.41) is 4.29. The fourth-order valence-corrected chi connectivity index (χ4v) is 2.06. The fourth-order valence-electron chi connectivity index (χ4n) is 1.78. The molecule has 1 unspecified atom stereocenters. The minimum Gasteiger partial charge on any atom is -0.381 e. The van der Waals surface area contributed by atoms with Crippen LogP contribution in [-0.4, -0.2) is 6.04 Å². The molecular formula is C14H22ClN. The highest BCUT2D eigenvalue weighted by Crippen LogP contribution is 2.24. The van der Waals surface area contributed by atoms with Crippen molar-refractivity contribution in [1.82, 2.24) is 0 Å². The molecule has 1 nitrogen and oxygen atoms in total. The zero-order chi connectivity index (χ0) is 12.0. The Morgan fingerprint density at radius 3 is 2.69 bits per heavy atom. The predicted octanol–water partition coefficient (Wildman–Crippen LogP) is 5.03. The number of benzene rings is 1. The standard InChI is InChI=1S/C14H22ClN/c1-4-5-6-7-12(3)16-14-9-8-11(2)10-13(14)15/h8-10,12,16H,4-7H2,1-3H3. The highest BCUT2D eigenvalue weighted by molar-refractivity contribution is 6.33. The molecule has 90 valence electrons. The molecule has 0 amide bonds. The van der Waals surface area contributed by atoms with E-state index in [0.717, 1.165) is 10.7 Å². The molecule has 0 aliphatic rings. The van der Waals surface area contributed by atoms with Gasteiger partial charge in [0.15, 0.2) is 0 Å². The summed E-state index contributed by atoms with van der Waals surface area (Å²) in [4.78, 5) is 0. The number of hydrogen-bond donors (Lipinski definition) is 1. The van der Waals surface area contributed by atoms with Gasteiger partial charge in [-0.25, -0.2) is 0 Å². The summed E-state index contributed by atoms with van der Waals surface area (Å²) in [6, 6.07) is 6.65. The van der Waals surface area contributed by atoms with Crippen LogP contribution in [0.15, 0.2) is 18.2 Å². The second kappa shape index (κ2) is 6.80. The molecule has 1 N–H and O–H groups in total. The maximum Gasteiger partial charge on any atom is 0.0640 e. The maximum absolute atomic E-state index is 6.17. The lowest BCUT2D eigenvalue weighted by Crippen LogP contribution is -2.15. The van der Waals surface area contributed by atoms with Gasteiger partial charge in [-0.2, -0.15) is 0 Å². The zero-order valence-corrected chi connectivity index (χ0v) is 11.3. The molecule has 0 aliphatic carbocycles. The third-order valence-corrected chi connectivity index (χ3v) is 3.08. The Balaban J connectivity index is 2.46. The molecule has 0 radical (unpaired) electrons. The number of aryl methyl sites for hydroxylation is 1. The molecule has 0 saturated heterocycles. The van der Waals surface area contributed by atoms with Crippen LogP contribution in [0.5, 0.6) is 0 Å². The number of rotatable bonds is 6. The summed E-state index contributed by atoms with van der Waals surface area (Å²) in [5.74, 6) is 0. The summed E-state index contributed by atoms with van der Waals surface area (Å²) < 4.78 is 0. The summed E-state index contributed by atoms with van der Waals surface area (Å²) in [6.07, 6.45) is 5.08. The highest BCUT2D eigenvalue weighted by Gasteiger charge is 2.04. The molecule has 1 rings (SSSR count). The van der Waals surface area contributed by atoms with E-state index in [9.17, 15) is 0 Å². The van der Waals surface area contributed by atoms with Crippen molar-refractivity contribution in [2.75, 3.05) is 5.32 Å². The number of anilines is 1. The van der Waals surface area contributed by atoms with Gasteiger partial charge in [-0.15, -0.1) is 0 Å². The smallest absolute Gasteiger partial charge is 0.0640 e. The van der Waals surface area contributed by atoms with Gasteiger partial charge in [-0.3, -0.25) is 0 Å². The van der Waals surface area contributed by atoms with E-state index in [1.54, 1.807) is 0 Å². The lowest BCUT2D eigenvalue weighted by atomic mass is 10.1. The average molecular weight is 240 g/mol. The van der Waals surface area contributed by atoms with Crippen LogP contribution in [0.3, 0.4) is 0 Å². The van der Waals surface area contributed by atoms with Gasteiger partial charge in [-0.05, 0) is 38.0 Å². The molecule has 0 aromatic heterocycles. The van der Waals surface area contributed by atoms with Crippen molar-refractivity contribution in [2.24, 2.45) is 0 Å². The van der Waals surface area contributed by atoms with Crippen LogP contribution >= 0.6 is 11.6 Å². The van der Waals surface area contributed by atoms with Gasteiger partial charge in [-0.1, -0.05) is 43.9 Å². The van der Waals surface area contributed by atoms with E-state index in [1.807, 2.05) is 6.07 Å². The van der Waals surface area contributed by atoms with E-state index in [0.29, 0.717) is 6.04 Å². The van der Waals surface area contributed by atoms with Gasteiger partial charge in [0.1, 0.15) is 0 Å². The highest BCUT2D eigenvalue weighted by atomic mass is 35.5. The number of hydrogen-bond acceptors (Lipinski definition) is 1. The first-order valence-corrected chi connectivity index (χ1v) is 6.54. The van der Waals surface area contributed by atoms with Crippen LogP contribution < -0.4 is 5.32 Å². The molecule has 0 heterocycles. The Bertz CT molecular complexity index is 323.